The molecule has 0 amide bonds. The molecule has 0 N–H and O–H groups in total. The van der Waals surface area contributed by atoms with Crippen LogP contribution in [0.2, 0.25) is 0 Å². The molecule has 102 valence electrons. The number of benzene rings is 2. The molecule has 0 aromatic heterocycles. The molecule has 0 radical (unpaired) electrons. The van der Waals surface area contributed by atoms with E-state index >= 15 is 0 Å². The number of rotatable bonds is 4. The zero-order valence-corrected chi connectivity index (χ0v) is 12.6. The molecule has 2 heteroatoms. The summed E-state index contributed by atoms with van der Waals surface area (Å²) in [6.45, 7) is 4.47. The second-order valence-electron chi connectivity index (χ2n) is 4.98. The van der Waals surface area contributed by atoms with Gasteiger partial charge in [0.1, 0.15) is 0 Å². The largest absolute Gasteiger partial charge is 0.293 e. The van der Waals surface area contributed by atoms with E-state index in [9.17, 15) is 0 Å². The van der Waals surface area contributed by atoms with E-state index in [0.717, 1.165) is 0 Å². The number of hydrogen-bond acceptors (Lipinski definition) is 1. The summed E-state index contributed by atoms with van der Waals surface area (Å²) in [5, 5.41) is 0. The van der Waals surface area contributed by atoms with E-state index in [1.165, 1.54) is 11.1 Å². The van der Waals surface area contributed by atoms with Gasteiger partial charge in [-0.05, 0) is 32.0 Å². The summed E-state index contributed by atoms with van der Waals surface area (Å²) < 4.78 is 0. The molecule has 2 rings (SSSR count). The fourth-order valence-corrected chi connectivity index (χ4v) is 2.23. The molecular formula is C17H22ClN. The highest BCUT2D eigenvalue weighted by Crippen LogP contribution is 2.28. The van der Waals surface area contributed by atoms with Crippen molar-refractivity contribution < 1.29 is 0 Å². The molecule has 2 aromatic rings. The van der Waals surface area contributed by atoms with Crippen molar-refractivity contribution in [2.24, 2.45) is 0 Å². The Morgan fingerprint density at radius 3 is 1.42 bits per heavy atom. The fourth-order valence-electron chi connectivity index (χ4n) is 2.23. The molecule has 0 atom stereocenters. The van der Waals surface area contributed by atoms with Crippen LogP contribution in [0, 0.1) is 0 Å². The van der Waals surface area contributed by atoms with Gasteiger partial charge in [0.05, 0.1) is 6.04 Å². The lowest BCUT2D eigenvalue weighted by molar-refractivity contribution is 0.225. The van der Waals surface area contributed by atoms with Gasteiger partial charge in [-0.25, -0.2) is 0 Å². The lowest BCUT2D eigenvalue weighted by atomic mass is 9.96. The topological polar surface area (TPSA) is 3.24 Å². The van der Waals surface area contributed by atoms with Gasteiger partial charge in [-0.15, -0.1) is 12.4 Å². The van der Waals surface area contributed by atoms with Crippen molar-refractivity contribution >= 4 is 12.4 Å². The first kappa shape index (κ1) is 15.7. The lowest BCUT2D eigenvalue weighted by Gasteiger charge is -2.32. The summed E-state index contributed by atoms with van der Waals surface area (Å²) in [4.78, 5) is 2.41. The highest BCUT2D eigenvalue weighted by molar-refractivity contribution is 5.85. The van der Waals surface area contributed by atoms with E-state index in [0.29, 0.717) is 12.1 Å². The van der Waals surface area contributed by atoms with Crippen LogP contribution in [0.25, 0.3) is 0 Å². The molecule has 0 saturated carbocycles. The van der Waals surface area contributed by atoms with E-state index in [1.54, 1.807) is 0 Å². The Hall–Kier alpha value is -1.31. The monoisotopic (exact) mass is 275 g/mol. The second-order valence-corrected chi connectivity index (χ2v) is 4.98. The first-order valence-electron chi connectivity index (χ1n) is 6.52. The Balaban J connectivity index is 0.00000180. The van der Waals surface area contributed by atoms with Crippen molar-refractivity contribution in [1.29, 1.82) is 0 Å². The quantitative estimate of drug-likeness (QED) is 0.792. The van der Waals surface area contributed by atoms with Gasteiger partial charge in [0, 0.05) is 6.04 Å². The normalized spacial score (nSPS) is 10.8. The first-order chi connectivity index (χ1) is 8.70. The number of hydrogen-bond donors (Lipinski definition) is 0. The smallest absolute Gasteiger partial charge is 0.0601 e. The minimum Gasteiger partial charge on any atom is -0.293 e. The van der Waals surface area contributed by atoms with Crippen molar-refractivity contribution in [2.45, 2.75) is 25.9 Å². The van der Waals surface area contributed by atoms with E-state index in [4.69, 9.17) is 0 Å². The van der Waals surface area contributed by atoms with Crippen molar-refractivity contribution in [1.82, 2.24) is 4.90 Å². The Bertz CT molecular complexity index is 428. The van der Waals surface area contributed by atoms with Crippen LogP contribution in [-0.4, -0.2) is 18.0 Å². The average Bonchev–Trinajstić information content (AvgIpc) is 2.41. The molecule has 19 heavy (non-hydrogen) atoms. The summed E-state index contributed by atoms with van der Waals surface area (Å²) in [5.74, 6) is 0. The van der Waals surface area contributed by atoms with E-state index in [-0.39, 0.29) is 12.4 Å². The number of nitrogens with zero attached hydrogens (tertiary/aromatic N) is 1. The molecule has 0 unspecified atom stereocenters. The SMILES string of the molecule is CC(C)N(C)C(c1ccccc1)c1ccccc1.Cl. The van der Waals surface area contributed by atoms with Crippen LogP contribution >= 0.6 is 12.4 Å². The molecule has 2 aromatic carbocycles. The Kier molecular flexibility index (Phi) is 6.07. The zero-order valence-electron chi connectivity index (χ0n) is 11.8. The molecule has 0 bridgehead atoms. The van der Waals surface area contributed by atoms with Crippen molar-refractivity contribution in [3.8, 4) is 0 Å². The molecule has 0 spiro atoms. The summed E-state index contributed by atoms with van der Waals surface area (Å²) in [7, 11) is 2.19. The van der Waals surface area contributed by atoms with E-state index < -0.39 is 0 Å². The van der Waals surface area contributed by atoms with Crippen LogP contribution in [0.3, 0.4) is 0 Å². The minimum atomic E-state index is 0. The maximum absolute atomic E-state index is 2.41. The second kappa shape index (κ2) is 7.32. The van der Waals surface area contributed by atoms with E-state index in [1.807, 2.05) is 0 Å². The van der Waals surface area contributed by atoms with Gasteiger partial charge >= 0.3 is 0 Å². The Labute approximate surface area is 122 Å². The van der Waals surface area contributed by atoms with Gasteiger partial charge in [-0.1, -0.05) is 60.7 Å². The average molecular weight is 276 g/mol. The van der Waals surface area contributed by atoms with Crippen LogP contribution in [-0.2, 0) is 0 Å². The summed E-state index contributed by atoms with van der Waals surface area (Å²) in [6, 6.07) is 22.2. The van der Waals surface area contributed by atoms with Crippen LogP contribution in [0.5, 0.6) is 0 Å². The molecule has 0 aliphatic rings. The van der Waals surface area contributed by atoms with Gasteiger partial charge in [0.15, 0.2) is 0 Å². The van der Waals surface area contributed by atoms with Gasteiger partial charge in [-0.2, -0.15) is 0 Å². The lowest BCUT2D eigenvalue weighted by Crippen LogP contribution is -2.31. The van der Waals surface area contributed by atoms with Crippen molar-refractivity contribution in [2.75, 3.05) is 7.05 Å². The predicted octanol–water partition coefficient (Wildman–Crippen LogP) is 4.54. The standard InChI is InChI=1S/C17H21N.ClH/c1-14(2)18(3)17(15-10-6-4-7-11-15)16-12-8-5-9-13-16;/h4-14,17H,1-3H3;1H. The van der Waals surface area contributed by atoms with Gasteiger partial charge in [0.25, 0.3) is 0 Å². The van der Waals surface area contributed by atoms with Gasteiger partial charge < -0.3 is 0 Å². The Morgan fingerprint density at radius 1 is 0.737 bits per heavy atom. The van der Waals surface area contributed by atoms with Gasteiger partial charge in [0.2, 0.25) is 0 Å². The predicted molar refractivity (Wildman–Crippen MR) is 84.9 cm³/mol. The maximum atomic E-state index is 2.41. The summed E-state index contributed by atoms with van der Waals surface area (Å²) in [6.07, 6.45) is 0. The minimum absolute atomic E-state index is 0. The zero-order chi connectivity index (χ0) is 13.0. The number of halogens is 1. The fraction of sp³-hybridized carbons (Fsp3) is 0.294. The molecule has 0 saturated heterocycles. The molecule has 0 aliphatic carbocycles. The summed E-state index contributed by atoms with van der Waals surface area (Å²) >= 11 is 0. The third-order valence-corrected chi connectivity index (χ3v) is 3.45. The molecule has 0 fully saturated rings. The third kappa shape index (κ3) is 3.82. The van der Waals surface area contributed by atoms with Crippen LogP contribution < -0.4 is 0 Å². The Morgan fingerprint density at radius 2 is 1.11 bits per heavy atom. The molecular weight excluding hydrogens is 254 g/mol. The van der Waals surface area contributed by atoms with Crippen LogP contribution in [0.1, 0.15) is 31.0 Å². The third-order valence-electron chi connectivity index (χ3n) is 3.45. The maximum Gasteiger partial charge on any atom is 0.0601 e. The summed E-state index contributed by atoms with van der Waals surface area (Å²) in [5.41, 5.74) is 2.69. The van der Waals surface area contributed by atoms with Crippen molar-refractivity contribution in [3.05, 3.63) is 71.8 Å². The highest BCUT2D eigenvalue weighted by atomic mass is 35.5. The van der Waals surface area contributed by atoms with Crippen LogP contribution in [0.15, 0.2) is 60.7 Å². The molecule has 0 aliphatic heterocycles. The van der Waals surface area contributed by atoms with Crippen LogP contribution in [0.4, 0.5) is 0 Å². The van der Waals surface area contributed by atoms with E-state index in [2.05, 4.69) is 86.5 Å². The van der Waals surface area contributed by atoms with Crippen molar-refractivity contribution in [3.63, 3.8) is 0 Å². The molecule has 0 heterocycles. The van der Waals surface area contributed by atoms with Gasteiger partial charge in [-0.3, -0.25) is 4.90 Å². The highest BCUT2D eigenvalue weighted by Gasteiger charge is 2.20. The first-order valence-corrected chi connectivity index (χ1v) is 6.52. The molecule has 1 nitrogen and oxygen atoms in total.